The van der Waals surface area contributed by atoms with Crippen LogP contribution in [-0.4, -0.2) is 13.7 Å². The van der Waals surface area contributed by atoms with Gasteiger partial charge in [-0.05, 0) is 47.1 Å². The lowest BCUT2D eigenvalue weighted by Gasteiger charge is -2.35. The first-order chi connectivity index (χ1) is 8.08. The van der Waals surface area contributed by atoms with Gasteiger partial charge in [-0.2, -0.15) is 0 Å². The molecule has 0 fully saturated rings. The van der Waals surface area contributed by atoms with Gasteiger partial charge >= 0.3 is 0 Å². The molecule has 1 aromatic rings. The fraction of sp³-hybridized carbons (Fsp3) is 0.467. The highest BCUT2D eigenvalue weighted by Gasteiger charge is 2.30. The largest absolute Gasteiger partial charge is 0.497 e. The van der Waals surface area contributed by atoms with Gasteiger partial charge in [0.25, 0.3) is 0 Å². The molecule has 0 bridgehead atoms. The third-order valence-electron chi connectivity index (χ3n) is 3.68. The number of nitrogens with two attached hydrogens (primary N) is 1. The Kier molecular flexibility index (Phi) is 3.25. The van der Waals surface area contributed by atoms with E-state index in [2.05, 4.69) is 32.1 Å². The molecule has 1 aliphatic carbocycles. The molecule has 0 unspecified atom stereocenters. The summed E-state index contributed by atoms with van der Waals surface area (Å²) in [6.07, 6.45) is 4.46. The number of benzene rings is 1. The van der Waals surface area contributed by atoms with Crippen molar-refractivity contribution in [3.05, 3.63) is 35.4 Å². The molecule has 0 atom stereocenters. The van der Waals surface area contributed by atoms with Crippen LogP contribution in [0.15, 0.2) is 24.3 Å². The molecule has 2 heteroatoms. The molecule has 0 spiro atoms. The molecule has 0 amide bonds. The highest BCUT2D eigenvalue weighted by atomic mass is 16.5. The Morgan fingerprint density at radius 2 is 2.18 bits per heavy atom. The Bertz CT molecular complexity index is 446. The third kappa shape index (κ3) is 2.22. The fourth-order valence-electron chi connectivity index (χ4n) is 2.60. The molecule has 17 heavy (non-hydrogen) atoms. The SMILES string of the molecule is COc1ccc2c(c1)C(=CCN)C(C)(C)CC2. The standard InChI is InChI=1S/C15H21NO/c1-15(2)8-6-11-4-5-12(17-3)10-13(11)14(15)7-9-16/h4-5,7,10H,6,8-9,16H2,1-3H3. The number of aryl methyl sites for hydroxylation is 1. The zero-order valence-corrected chi connectivity index (χ0v) is 10.9. The van der Waals surface area contributed by atoms with Gasteiger partial charge in [-0.3, -0.25) is 0 Å². The van der Waals surface area contributed by atoms with Crippen molar-refractivity contribution in [1.29, 1.82) is 0 Å². The van der Waals surface area contributed by atoms with E-state index in [1.807, 2.05) is 6.07 Å². The number of methoxy groups -OCH3 is 1. The topological polar surface area (TPSA) is 35.2 Å². The van der Waals surface area contributed by atoms with Crippen molar-refractivity contribution in [2.75, 3.05) is 13.7 Å². The number of ether oxygens (including phenoxy) is 1. The van der Waals surface area contributed by atoms with E-state index >= 15 is 0 Å². The first kappa shape index (κ1) is 12.2. The highest BCUT2D eigenvalue weighted by molar-refractivity contribution is 5.75. The summed E-state index contributed by atoms with van der Waals surface area (Å²) in [6.45, 7) is 5.17. The zero-order chi connectivity index (χ0) is 12.5. The van der Waals surface area contributed by atoms with E-state index in [1.54, 1.807) is 7.11 Å². The Morgan fingerprint density at radius 1 is 1.41 bits per heavy atom. The monoisotopic (exact) mass is 231 g/mol. The van der Waals surface area contributed by atoms with Crippen molar-refractivity contribution in [2.45, 2.75) is 26.7 Å². The Labute approximate surface area is 103 Å². The van der Waals surface area contributed by atoms with Gasteiger partial charge in [0.15, 0.2) is 0 Å². The molecule has 0 heterocycles. The van der Waals surface area contributed by atoms with Crippen molar-refractivity contribution in [3.63, 3.8) is 0 Å². The Hall–Kier alpha value is -1.28. The summed E-state index contributed by atoms with van der Waals surface area (Å²) in [4.78, 5) is 0. The van der Waals surface area contributed by atoms with Crippen LogP contribution in [0, 0.1) is 5.41 Å². The van der Waals surface area contributed by atoms with Crippen LogP contribution < -0.4 is 10.5 Å². The summed E-state index contributed by atoms with van der Waals surface area (Å²) in [7, 11) is 1.71. The molecule has 0 aliphatic heterocycles. The van der Waals surface area contributed by atoms with Gasteiger partial charge < -0.3 is 10.5 Å². The van der Waals surface area contributed by atoms with Crippen molar-refractivity contribution in [2.24, 2.45) is 11.1 Å². The van der Waals surface area contributed by atoms with Crippen molar-refractivity contribution >= 4 is 5.57 Å². The van der Waals surface area contributed by atoms with Crippen LogP contribution in [0.3, 0.4) is 0 Å². The molecule has 2 N–H and O–H groups in total. The first-order valence-electron chi connectivity index (χ1n) is 6.16. The highest BCUT2D eigenvalue weighted by Crippen LogP contribution is 2.45. The van der Waals surface area contributed by atoms with E-state index in [-0.39, 0.29) is 5.41 Å². The molecule has 2 nitrogen and oxygen atoms in total. The smallest absolute Gasteiger partial charge is 0.119 e. The maximum Gasteiger partial charge on any atom is 0.119 e. The van der Waals surface area contributed by atoms with Crippen LogP contribution >= 0.6 is 0 Å². The minimum Gasteiger partial charge on any atom is -0.497 e. The summed E-state index contributed by atoms with van der Waals surface area (Å²) in [5.41, 5.74) is 9.99. The molecule has 0 radical (unpaired) electrons. The van der Waals surface area contributed by atoms with Gasteiger partial charge in [0.1, 0.15) is 5.75 Å². The molecule has 1 aromatic carbocycles. The van der Waals surface area contributed by atoms with Crippen LogP contribution in [0.25, 0.3) is 5.57 Å². The lowest BCUT2D eigenvalue weighted by molar-refractivity contribution is 0.411. The van der Waals surface area contributed by atoms with E-state index in [1.165, 1.54) is 23.1 Å². The molecule has 2 rings (SSSR count). The molecule has 92 valence electrons. The molecular formula is C15H21NO. The number of hydrogen-bond donors (Lipinski definition) is 1. The quantitative estimate of drug-likeness (QED) is 0.849. The van der Waals surface area contributed by atoms with E-state index in [0.29, 0.717) is 6.54 Å². The number of allylic oxidation sites excluding steroid dienone is 1. The molecule has 0 aromatic heterocycles. The minimum absolute atomic E-state index is 0.207. The molecule has 1 aliphatic rings. The average Bonchev–Trinajstić information content (AvgIpc) is 2.32. The molecule has 0 saturated heterocycles. The zero-order valence-electron chi connectivity index (χ0n) is 10.9. The van der Waals surface area contributed by atoms with Gasteiger partial charge in [-0.1, -0.05) is 26.0 Å². The maximum absolute atomic E-state index is 5.70. The number of rotatable bonds is 2. The van der Waals surface area contributed by atoms with Crippen LogP contribution in [-0.2, 0) is 6.42 Å². The van der Waals surface area contributed by atoms with Gasteiger partial charge in [-0.15, -0.1) is 0 Å². The number of fused-ring (bicyclic) bond motifs is 1. The summed E-state index contributed by atoms with van der Waals surface area (Å²) in [5.74, 6) is 0.921. The average molecular weight is 231 g/mol. The van der Waals surface area contributed by atoms with E-state index < -0.39 is 0 Å². The minimum atomic E-state index is 0.207. The summed E-state index contributed by atoms with van der Waals surface area (Å²) >= 11 is 0. The second-order valence-corrected chi connectivity index (χ2v) is 5.26. The predicted molar refractivity (Wildman–Crippen MR) is 72.1 cm³/mol. The van der Waals surface area contributed by atoms with Crippen LogP contribution in [0.2, 0.25) is 0 Å². The Balaban J connectivity index is 2.54. The molecular weight excluding hydrogens is 210 g/mol. The van der Waals surface area contributed by atoms with E-state index in [0.717, 1.165) is 12.2 Å². The van der Waals surface area contributed by atoms with Crippen molar-refractivity contribution in [3.8, 4) is 5.75 Å². The predicted octanol–water partition coefficient (Wildman–Crippen LogP) is 3.01. The van der Waals surface area contributed by atoms with Crippen molar-refractivity contribution in [1.82, 2.24) is 0 Å². The Morgan fingerprint density at radius 3 is 2.82 bits per heavy atom. The van der Waals surface area contributed by atoms with E-state index in [4.69, 9.17) is 10.5 Å². The van der Waals surface area contributed by atoms with Gasteiger partial charge in [0, 0.05) is 6.54 Å². The van der Waals surface area contributed by atoms with Crippen LogP contribution in [0.1, 0.15) is 31.4 Å². The van der Waals surface area contributed by atoms with Gasteiger partial charge in [0.05, 0.1) is 7.11 Å². The summed E-state index contributed by atoms with van der Waals surface area (Å²) < 4.78 is 5.32. The lowest BCUT2D eigenvalue weighted by Crippen LogP contribution is -2.22. The van der Waals surface area contributed by atoms with Gasteiger partial charge in [-0.25, -0.2) is 0 Å². The summed E-state index contributed by atoms with van der Waals surface area (Å²) in [5, 5.41) is 0. The normalized spacial score (nSPS) is 20.1. The first-order valence-corrected chi connectivity index (χ1v) is 6.16. The van der Waals surface area contributed by atoms with Crippen molar-refractivity contribution < 1.29 is 4.74 Å². The second kappa shape index (κ2) is 4.53. The number of hydrogen-bond acceptors (Lipinski definition) is 2. The second-order valence-electron chi connectivity index (χ2n) is 5.26. The maximum atomic E-state index is 5.70. The molecule has 0 saturated carbocycles. The van der Waals surface area contributed by atoms with Crippen LogP contribution in [0.4, 0.5) is 0 Å². The third-order valence-corrected chi connectivity index (χ3v) is 3.68. The summed E-state index contributed by atoms with van der Waals surface area (Å²) in [6, 6.07) is 6.35. The van der Waals surface area contributed by atoms with E-state index in [9.17, 15) is 0 Å². The van der Waals surface area contributed by atoms with Crippen LogP contribution in [0.5, 0.6) is 5.75 Å². The fourth-order valence-corrected chi connectivity index (χ4v) is 2.60. The lowest BCUT2D eigenvalue weighted by atomic mass is 9.70. The van der Waals surface area contributed by atoms with Gasteiger partial charge in [0.2, 0.25) is 0 Å².